The molecule has 0 aromatic carbocycles. The number of halogens is 1. The Morgan fingerprint density at radius 2 is 2.25 bits per heavy atom. The van der Waals surface area contributed by atoms with E-state index in [-0.39, 0.29) is 5.91 Å². The van der Waals surface area contributed by atoms with E-state index in [9.17, 15) is 4.79 Å². The van der Waals surface area contributed by atoms with E-state index >= 15 is 0 Å². The number of carbonyl (C=O) groups is 1. The lowest BCUT2D eigenvalue weighted by Crippen LogP contribution is -2.24. The summed E-state index contributed by atoms with van der Waals surface area (Å²) in [7, 11) is 0. The van der Waals surface area contributed by atoms with Crippen molar-refractivity contribution in [3.8, 4) is 6.07 Å². The predicted octanol–water partition coefficient (Wildman–Crippen LogP) is 1.58. The summed E-state index contributed by atoms with van der Waals surface area (Å²) in [5, 5.41) is 11.7. The Kier molecular flexibility index (Phi) is 8.14. The predicted molar refractivity (Wildman–Crippen MR) is 50.9 cm³/mol. The van der Waals surface area contributed by atoms with Gasteiger partial charge in [0.2, 0.25) is 5.91 Å². The van der Waals surface area contributed by atoms with E-state index < -0.39 is 0 Å². The first kappa shape index (κ1) is 11.4. The summed E-state index contributed by atoms with van der Waals surface area (Å²) in [6.07, 6.45) is 2.86. The largest absolute Gasteiger partial charge is 0.356 e. The van der Waals surface area contributed by atoms with Gasteiger partial charge in [-0.3, -0.25) is 4.79 Å². The Morgan fingerprint density at radius 3 is 2.83 bits per heavy atom. The number of carbonyl (C=O) groups excluding carboxylic acids is 1. The minimum Gasteiger partial charge on any atom is -0.356 e. The summed E-state index contributed by atoms with van der Waals surface area (Å²) in [6.45, 7) is 0.688. The van der Waals surface area contributed by atoms with E-state index in [1.165, 1.54) is 0 Å². The van der Waals surface area contributed by atoms with E-state index in [1.54, 1.807) is 0 Å². The zero-order chi connectivity index (χ0) is 9.23. The number of nitriles is 1. The van der Waals surface area contributed by atoms with Crippen molar-refractivity contribution in [2.75, 3.05) is 11.9 Å². The Morgan fingerprint density at radius 1 is 1.50 bits per heavy atom. The highest BCUT2D eigenvalue weighted by atomic mass is 79.9. The lowest BCUT2D eigenvalue weighted by atomic mass is 10.2. The van der Waals surface area contributed by atoms with Gasteiger partial charge in [0.1, 0.15) is 0 Å². The third-order valence-corrected chi connectivity index (χ3v) is 1.76. The van der Waals surface area contributed by atoms with Crippen molar-refractivity contribution in [3.63, 3.8) is 0 Å². The van der Waals surface area contributed by atoms with Crippen molar-refractivity contribution >= 4 is 21.8 Å². The third kappa shape index (κ3) is 7.55. The molecule has 0 bridgehead atoms. The van der Waals surface area contributed by atoms with Gasteiger partial charge in [0.15, 0.2) is 0 Å². The Bertz CT molecular complexity index is 165. The molecule has 0 aliphatic rings. The molecule has 0 aliphatic heterocycles. The lowest BCUT2D eigenvalue weighted by molar-refractivity contribution is -0.120. The van der Waals surface area contributed by atoms with Crippen LogP contribution in [0.15, 0.2) is 0 Å². The molecule has 0 aromatic heterocycles. The van der Waals surface area contributed by atoms with Crippen molar-refractivity contribution in [1.82, 2.24) is 5.32 Å². The lowest BCUT2D eigenvalue weighted by Gasteiger charge is -2.01. The molecule has 0 saturated heterocycles. The van der Waals surface area contributed by atoms with Gasteiger partial charge < -0.3 is 5.32 Å². The van der Waals surface area contributed by atoms with E-state index in [0.29, 0.717) is 24.7 Å². The van der Waals surface area contributed by atoms with Crippen LogP contribution in [0, 0.1) is 11.3 Å². The van der Waals surface area contributed by atoms with Crippen LogP contribution in [0.4, 0.5) is 0 Å². The molecule has 0 fully saturated rings. The van der Waals surface area contributed by atoms with Gasteiger partial charge >= 0.3 is 0 Å². The Balaban J connectivity index is 3.09. The number of alkyl halides is 1. The number of nitrogens with zero attached hydrogens (tertiary/aromatic N) is 1. The first-order valence-corrected chi connectivity index (χ1v) is 5.13. The fourth-order valence-corrected chi connectivity index (χ4v) is 1.09. The minimum absolute atomic E-state index is 0.0730. The molecule has 0 atom stereocenters. The highest BCUT2D eigenvalue weighted by molar-refractivity contribution is 9.09. The van der Waals surface area contributed by atoms with Crippen LogP contribution in [-0.2, 0) is 4.79 Å². The number of hydrogen-bond acceptors (Lipinski definition) is 2. The number of hydrogen-bond donors (Lipinski definition) is 1. The molecule has 0 radical (unpaired) electrons. The molecule has 0 aliphatic carbocycles. The molecule has 1 amide bonds. The fourth-order valence-electron chi connectivity index (χ4n) is 0.731. The topological polar surface area (TPSA) is 52.9 Å². The third-order valence-electron chi connectivity index (χ3n) is 1.36. The van der Waals surface area contributed by atoms with Gasteiger partial charge in [0, 0.05) is 24.7 Å². The van der Waals surface area contributed by atoms with Crippen LogP contribution in [0.1, 0.15) is 25.7 Å². The first-order chi connectivity index (χ1) is 5.81. The van der Waals surface area contributed by atoms with Crippen molar-refractivity contribution in [2.24, 2.45) is 0 Å². The maximum atomic E-state index is 10.9. The van der Waals surface area contributed by atoms with E-state index in [1.807, 2.05) is 0 Å². The maximum Gasteiger partial charge on any atom is 0.220 e. The summed E-state index contributed by atoms with van der Waals surface area (Å²) in [6, 6.07) is 2.06. The van der Waals surface area contributed by atoms with Crippen molar-refractivity contribution in [1.29, 1.82) is 5.26 Å². The van der Waals surface area contributed by atoms with Gasteiger partial charge in [0.05, 0.1) is 6.07 Å². The summed E-state index contributed by atoms with van der Waals surface area (Å²) < 4.78 is 0. The molecule has 0 spiro atoms. The van der Waals surface area contributed by atoms with Crippen LogP contribution in [0.5, 0.6) is 0 Å². The summed E-state index contributed by atoms with van der Waals surface area (Å²) in [5.74, 6) is 0.0730. The molecule has 12 heavy (non-hydrogen) atoms. The van der Waals surface area contributed by atoms with Crippen molar-refractivity contribution in [3.05, 3.63) is 0 Å². The zero-order valence-corrected chi connectivity index (χ0v) is 8.56. The van der Waals surface area contributed by atoms with Gasteiger partial charge in [-0.15, -0.1) is 0 Å². The molecular weight excluding hydrogens is 220 g/mol. The van der Waals surface area contributed by atoms with Gasteiger partial charge in [-0.05, 0) is 12.8 Å². The summed E-state index contributed by atoms with van der Waals surface area (Å²) in [5.41, 5.74) is 0. The van der Waals surface area contributed by atoms with Crippen molar-refractivity contribution in [2.45, 2.75) is 25.7 Å². The fraction of sp³-hybridized carbons (Fsp3) is 0.750. The van der Waals surface area contributed by atoms with Crippen LogP contribution in [0.2, 0.25) is 0 Å². The second-order valence-electron chi connectivity index (χ2n) is 2.40. The molecule has 3 nitrogen and oxygen atoms in total. The molecule has 68 valence electrons. The SMILES string of the molecule is N#CCCCCNC(=O)CCBr. The van der Waals surface area contributed by atoms with E-state index in [4.69, 9.17) is 5.26 Å². The van der Waals surface area contributed by atoms with Gasteiger partial charge in [-0.1, -0.05) is 15.9 Å². The standard InChI is InChI=1S/C8H13BrN2O/c9-5-4-8(12)11-7-3-1-2-6-10/h1-5,7H2,(H,11,12). The van der Waals surface area contributed by atoms with Crippen LogP contribution in [0.25, 0.3) is 0 Å². The molecule has 0 aromatic rings. The molecule has 0 unspecified atom stereocenters. The average molecular weight is 233 g/mol. The van der Waals surface area contributed by atoms with Gasteiger partial charge in [-0.25, -0.2) is 0 Å². The zero-order valence-electron chi connectivity index (χ0n) is 6.98. The molecule has 0 heterocycles. The van der Waals surface area contributed by atoms with Crippen LogP contribution in [-0.4, -0.2) is 17.8 Å². The first-order valence-electron chi connectivity index (χ1n) is 4.01. The summed E-state index contributed by atoms with van der Waals surface area (Å²) in [4.78, 5) is 10.9. The monoisotopic (exact) mass is 232 g/mol. The second kappa shape index (κ2) is 8.54. The van der Waals surface area contributed by atoms with E-state index in [2.05, 4.69) is 27.3 Å². The van der Waals surface area contributed by atoms with Crippen LogP contribution >= 0.6 is 15.9 Å². The number of nitrogens with one attached hydrogen (secondary N) is 1. The van der Waals surface area contributed by atoms with Crippen molar-refractivity contribution < 1.29 is 4.79 Å². The van der Waals surface area contributed by atoms with Gasteiger partial charge in [0.25, 0.3) is 0 Å². The number of unbranched alkanes of at least 4 members (excludes halogenated alkanes) is 2. The second-order valence-corrected chi connectivity index (χ2v) is 3.20. The highest BCUT2D eigenvalue weighted by Gasteiger charge is 1.97. The number of amides is 1. The molecule has 0 rings (SSSR count). The normalized spacial score (nSPS) is 9.00. The van der Waals surface area contributed by atoms with E-state index in [0.717, 1.165) is 12.8 Å². The van der Waals surface area contributed by atoms with Crippen LogP contribution < -0.4 is 5.32 Å². The minimum atomic E-state index is 0.0730. The highest BCUT2D eigenvalue weighted by Crippen LogP contribution is 1.92. The summed E-state index contributed by atoms with van der Waals surface area (Å²) >= 11 is 3.18. The average Bonchev–Trinajstić information content (AvgIpc) is 2.05. The smallest absolute Gasteiger partial charge is 0.220 e. The number of rotatable bonds is 6. The molecular formula is C8H13BrN2O. The quantitative estimate of drug-likeness (QED) is 0.559. The molecule has 0 saturated carbocycles. The van der Waals surface area contributed by atoms with Crippen LogP contribution in [0.3, 0.4) is 0 Å². The van der Waals surface area contributed by atoms with Gasteiger partial charge in [-0.2, -0.15) is 5.26 Å². The maximum absolute atomic E-state index is 10.9. The molecule has 1 N–H and O–H groups in total. The Hall–Kier alpha value is -0.560. The molecule has 4 heteroatoms. The Labute approximate surface area is 81.3 Å².